The lowest BCUT2D eigenvalue weighted by molar-refractivity contribution is 0.279. The summed E-state index contributed by atoms with van der Waals surface area (Å²) < 4.78 is 8.02. The van der Waals surface area contributed by atoms with Crippen molar-refractivity contribution in [3.05, 3.63) is 58.0 Å². The Morgan fingerprint density at radius 1 is 1.19 bits per heavy atom. The van der Waals surface area contributed by atoms with Gasteiger partial charge in [-0.2, -0.15) is 20.1 Å². The number of nitrogens with zero attached hydrogens (tertiary/aromatic N) is 5. The highest BCUT2D eigenvalue weighted by molar-refractivity contribution is 9.10. The maximum absolute atomic E-state index is 5.88. The van der Waals surface area contributed by atoms with Crippen LogP contribution in [0, 0.1) is 0 Å². The average Bonchev–Trinajstić information content (AvgIpc) is 2.99. The summed E-state index contributed by atoms with van der Waals surface area (Å²) in [7, 11) is 0. The molecular formula is C13H9BrClN5O. The maximum atomic E-state index is 5.88. The molecule has 0 saturated carbocycles. The van der Waals surface area contributed by atoms with Crippen LogP contribution < -0.4 is 4.74 Å². The standard InChI is InChI=1S/C13H9BrClN5O/c14-10-4-1-3-9(7-10)8-21-13-18-11(15)17-12(19-13)20-6-2-5-16-20/h1-7H,8H2. The second-order valence-electron chi connectivity index (χ2n) is 4.06. The zero-order valence-electron chi connectivity index (χ0n) is 10.6. The molecule has 0 radical (unpaired) electrons. The molecule has 0 fully saturated rings. The number of aromatic nitrogens is 5. The zero-order chi connectivity index (χ0) is 14.7. The largest absolute Gasteiger partial charge is 0.458 e. The van der Waals surface area contributed by atoms with Gasteiger partial charge in [-0.25, -0.2) is 4.68 Å². The fourth-order valence-electron chi connectivity index (χ4n) is 1.65. The summed E-state index contributed by atoms with van der Waals surface area (Å²) in [4.78, 5) is 12.1. The van der Waals surface area contributed by atoms with E-state index in [1.54, 1.807) is 18.5 Å². The van der Waals surface area contributed by atoms with Gasteiger partial charge < -0.3 is 4.74 Å². The fraction of sp³-hybridized carbons (Fsp3) is 0.0769. The number of rotatable bonds is 4. The molecular weight excluding hydrogens is 358 g/mol. The van der Waals surface area contributed by atoms with Crippen LogP contribution in [0.4, 0.5) is 0 Å². The van der Waals surface area contributed by atoms with Gasteiger partial charge in [0, 0.05) is 16.9 Å². The van der Waals surface area contributed by atoms with Gasteiger partial charge in [0.2, 0.25) is 5.28 Å². The maximum Gasteiger partial charge on any atom is 0.322 e. The fourth-order valence-corrected chi connectivity index (χ4v) is 2.25. The molecule has 0 bridgehead atoms. The normalized spacial score (nSPS) is 10.6. The summed E-state index contributed by atoms with van der Waals surface area (Å²) in [6.07, 6.45) is 3.34. The number of halogens is 2. The van der Waals surface area contributed by atoms with E-state index in [1.807, 2.05) is 24.3 Å². The van der Waals surface area contributed by atoms with Crippen LogP contribution in [0.1, 0.15) is 5.56 Å². The van der Waals surface area contributed by atoms with Gasteiger partial charge in [-0.15, -0.1) is 0 Å². The van der Waals surface area contributed by atoms with Crippen LogP contribution >= 0.6 is 27.5 Å². The minimum absolute atomic E-state index is 0.0553. The molecule has 2 heterocycles. The van der Waals surface area contributed by atoms with Crippen molar-refractivity contribution in [3.63, 3.8) is 0 Å². The van der Waals surface area contributed by atoms with E-state index in [0.29, 0.717) is 12.6 Å². The van der Waals surface area contributed by atoms with Crippen molar-refractivity contribution >= 4 is 27.5 Å². The summed E-state index contributed by atoms with van der Waals surface area (Å²) >= 11 is 9.29. The molecule has 8 heteroatoms. The Labute approximate surface area is 133 Å². The van der Waals surface area contributed by atoms with Crippen molar-refractivity contribution in [2.24, 2.45) is 0 Å². The van der Waals surface area contributed by atoms with Gasteiger partial charge in [-0.05, 0) is 35.4 Å². The van der Waals surface area contributed by atoms with E-state index in [-0.39, 0.29) is 11.3 Å². The highest BCUT2D eigenvalue weighted by Crippen LogP contribution is 2.15. The molecule has 0 aliphatic heterocycles. The molecule has 0 atom stereocenters. The summed E-state index contributed by atoms with van der Waals surface area (Å²) in [6.45, 7) is 0.332. The predicted molar refractivity (Wildman–Crippen MR) is 80.4 cm³/mol. The molecule has 3 aromatic rings. The first-order chi connectivity index (χ1) is 10.2. The SMILES string of the molecule is Clc1nc(OCc2cccc(Br)c2)nc(-n2cccn2)n1. The van der Waals surface area contributed by atoms with Gasteiger partial charge in [0.15, 0.2) is 0 Å². The molecule has 0 unspecified atom stereocenters. The third-order valence-corrected chi connectivity index (χ3v) is 3.20. The third-order valence-electron chi connectivity index (χ3n) is 2.54. The first-order valence-corrected chi connectivity index (χ1v) is 7.16. The molecule has 1 aromatic carbocycles. The van der Waals surface area contributed by atoms with E-state index in [1.165, 1.54) is 4.68 Å². The molecule has 21 heavy (non-hydrogen) atoms. The van der Waals surface area contributed by atoms with Crippen molar-refractivity contribution in [1.82, 2.24) is 24.7 Å². The lowest BCUT2D eigenvalue weighted by Crippen LogP contribution is -2.07. The summed E-state index contributed by atoms with van der Waals surface area (Å²) in [5.41, 5.74) is 0.988. The van der Waals surface area contributed by atoms with E-state index in [0.717, 1.165) is 10.0 Å². The van der Waals surface area contributed by atoms with Crippen LogP contribution in [-0.4, -0.2) is 24.7 Å². The van der Waals surface area contributed by atoms with Crippen LogP contribution in [-0.2, 0) is 6.61 Å². The minimum Gasteiger partial charge on any atom is -0.458 e. The van der Waals surface area contributed by atoms with Gasteiger partial charge in [0.25, 0.3) is 5.95 Å². The van der Waals surface area contributed by atoms with Crippen LogP contribution in [0.5, 0.6) is 6.01 Å². The van der Waals surface area contributed by atoms with Gasteiger partial charge in [0.1, 0.15) is 6.61 Å². The van der Waals surface area contributed by atoms with Gasteiger partial charge in [-0.1, -0.05) is 28.1 Å². The van der Waals surface area contributed by atoms with Crippen molar-refractivity contribution < 1.29 is 4.74 Å². The second-order valence-corrected chi connectivity index (χ2v) is 5.31. The molecule has 106 valence electrons. The smallest absolute Gasteiger partial charge is 0.322 e. The lowest BCUT2D eigenvalue weighted by Gasteiger charge is -2.06. The Kier molecular flexibility index (Phi) is 4.12. The number of benzene rings is 1. The molecule has 6 nitrogen and oxygen atoms in total. The molecule has 2 aromatic heterocycles. The topological polar surface area (TPSA) is 65.7 Å². The van der Waals surface area contributed by atoms with E-state index in [4.69, 9.17) is 16.3 Å². The first kappa shape index (κ1) is 14.0. The van der Waals surface area contributed by atoms with Crippen LogP contribution in [0.2, 0.25) is 5.28 Å². The van der Waals surface area contributed by atoms with Crippen LogP contribution in [0.25, 0.3) is 5.95 Å². The Hall–Kier alpha value is -1.99. The Bertz CT molecular complexity index is 750. The van der Waals surface area contributed by atoms with Crippen molar-refractivity contribution in [1.29, 1.82) is 0 Å². The summed E-state index contributed by atoms with van der Waals surface area (Å²) in [5, 5.41) is 4.10. The highest BCUT2D eigenvalue weighted by Gasteiger charge is 2.08. The van der Waals surface area contributed by atoms with Crippen molar-refractivity contribution in [3.8, 4) is 12.0 Å². The van der Waals surface area contributed by atoms with E-state index >= 15 is 0 Å². The molecule has 0 aliphatic rings. The zero-order valence-corrected chi connectivity index (χ0v) is 13.0. The van der Waals surface area contributed by atoms with Gasteiger partial charge >= 0.3 is 6.01 Å². The quantitative estimate of drug-likeness (QED) is 0.710. The Morgan fingerprint density at radius 3 is 2.86 bits per heavy atom. The number of ether oxygens (including phenoxy) is 1. The van der Waals surface area contributed by atoms with E-state index in [9.17, 15) is 0 Å². The number of hydrogen-bond acceptors (Lipinski definition) is 5. The molecule has 3 rings (SSSR count). The average molecular weight is 367 g/mol. The number of hydrogen-bond donors (Lipinski definition) is 0. The summed E-state index contributed by atoms with van der Waals surface area (Å²) in [6, 6.07) is 9.69. The van der Waals surface area contributed by atoms with Gasteiger partial charge in [-0.3, -0.25) is 0 Å². The Morgan fingerprint density at radius 2 is 2.10 bits per heavy atom. The van der Waals surface area contributed by atoms with E-state index in [2.05, 4.69) is 36.0 Å². The molecule has 0 aliphatic carbocycles. The molecule has 0 amide bonds. The molecule has 0 spiro atoms. The van der Waals surface area contributed by atoms with Crippen LogP contribution in [0.15, 0.2) is 47.2 Å². The minimum atomic E-state index is 0.0553. The first-order valence-electron chi connectivity index (χ1n) is 5.99. The Balaban J connectivity index is 1.79. The second kappa shape index (κ2) is 6.19. The molecule has 0 saturated heterocycles. The monoisotopic (exact) mass is 365 g/mol. The summed E-state index contributed by atoms with van der Waals surface area (Å²) in [5.74, 6) is 0.309. The van der Waals surface area contributed by atoms with Crippen molar-refractivity contribution in [2.75, 3.05) is 0 Å². The van der Waals surface area contributed by atoms with E-state index < -0.39 is 0 Å². The van der Waals surface area contributed by atoms with Crippen LogP contribution in [0.3, 0.4) is 0 Å². The van der Waals surface area contributed by atoms with Gasteiger partial charge in [0.05, 0.1) is 0 Å². The predicted octanol–water partition coefficient (Wildman–Crippen LogP) is 3.05. The lowest BCUT2D eigenvalue weighted by atomic mass is 10.2. The molecule has 0 N–H and O–H groups in total. The van der Waals surface area contributed by atoms with Crippen molar-refractivity contribution in [2.45, 2.75) is 6.61 Å². The third kappa shape index (κ3) is 3.56. The highest BCUT2D eigenvalue weighted by atomic mass is 79.9.